The van der Waals surface area contributed by atoms with Gasteiger partial charge >= 0.3 is 5.97 Å². The lowest BCUT2D eigenvalue weighted by atomic mass is 10.1. The molecule has 0 aromatic heterocycles. The van der Waals surface area contributed by atoms with Crippen molar-refractivity contribution < 1.29 is 28.6 Å². The first-order valence-electron chi connectivity index (χ1n) is 7.65. The van der Waals surface area contributed by atoms with Crippen LogP contribution in [0.3, 0.4) is 0 Å². The topological polar surface area (TPSA) is 108 Å². The van der Waals surface area contributed by atoms with Crippen molar-refractivity contribution in [3.8, 4) is 0 Å². The number of carbonyl (C=O) groups excluding carboxylic acids is 2. The summed E-state index contributed by atoms with van der Waals surface area (Å²) < 4.78 is 17.7. The van der Waals surface area contributed by atoms with Crippen molar-refractivity contribution in [1.82, 2.24) is 10.3 Å². The molecular weight excluding hydrogens is 333 g/mol. The van der Waals surface area contributed by atoms with Gasteiger partial charge in [-0.15, -0.1) is 0 Å². The number of amides is 2. The molecule has 0 saturated heterocycles. The molecule has 0 unspecified atom stereocenters. The number of carboxylic acid groups (broad SMARTS) is 1. The molecule has 0 bridgehead atoms. The van der Waals surface area contributed by atoms with Crippen LogP contribution in [0, 0.1) is 5.82 Å². The van der Waals surface area contributed by atoms with E-state index in [1.807, 2.05) is 0 Å². The molecule has 2 amide bonds. The van der Waals surface area contributed by atoms with Gasteiger partial charge < -0.3 is 15.2 Å². The number of ether oxygens (including phenoxy) is 1. The number of aliphatic carboxylic acids is 1. The molecule has 8 nitrogen and oxygen atoms in total. The second-order valence-corrected chi connectivity index (χ2v) is 5.33. The molecule has 1 aliphatic heterocycles. The Hall–Kier alpha value is -2.81. The molecule has 0 atom stereocenters. The van der Waals surface area contributed by atoms with Gasteiger partial charge in [0.2, 0.25) is 5.91 Å². The number of rotatable bonds is 8. The van der Waals surface area contributed by atoms with Crippen LogP contribution in [0.15, 0.2) is 29.4 Å². The predicted molar refractivity (Wildman–Crippen MR) is 85.1 cm³/mol. The molecule has 134 valence electrons. The van der Waals surface area contributed by atoms with Crippen LogP contribution in [0.25, 0.3) is 0 Å². The van der Waals surface area contributed by atoms with Crippen LogP contribution in [-0.4, -0.2) is 53.4 Å². The minimum absolute atomic E-state index is 0.0591. The van der Waals surface area contributed by atoms with Crippen LogP contribution in [0.2, 0.25) is 0 Å². The van der Waals surface area contributed by atoms with Gasteiger partial charge in [-0.1, -0.05) is 12.1 Å². The number of hydrazone groups is 1. The maximum Gasteiger partial charge on any atom is 0.329 e. The summed E-state index contributed by atoms with van der Waals surface area (Å²) in [5, 5.41) is 16.2. The largest absolute Gasteiger partial charge is 0.480 e. The number of carbonyl (C=O) groups is 3. The van der Waals surface area contributed by atoms with Crippen molar-refractivity contribution in [2.75, 3.05) is 19.8 Å². The molecule has 0 spiro atoms. The Bertz CT molecular complexity index is 675. The second-order valence-electron chi connectivity index (χ2n) is 5.33. The summed E-state index contributed by atoms with van der Waals surface area (Å²) >= 11 is 0. The van der Waals surface area contributed by atoms with E-state index in [9.17, 15) is 18.8 Å². The first kappa shape index (κ1) is 18.5. The van der Waals surface area contributed by atoms with Crippen molar-refractivity contribution in [1.29, 1.82) is 0 Å². The Morgan fingerprint density at radius 2 is 2.00 bits per heavy atom. The Labute approximate surface area is 143 Å². The molecule has 1 heterocycles. The summed E-state index contributed by atoms with van der Waals surface area (Å²) in [5.74, 6) is -2.11. The van der Waals surface area contributed by atoms with Gasteiger partial charge in [0.15, 0.2) is 0 Å². The Balaban J connectivity index is 1.89. The van der Waals surface area contributed by atoms with Crippen LogP contribution in [0.1, 0.15) is 18.4 Å². The fourth-order valence-corrected chi connectivity index (χ4v) is 2.15. The van der Waals surface area contributed by atoms with E-state index in [0.717, 1.165) is 0 Å². The molecule has 0 radical (unpaired) electrons. The zero-order valence-corrected chi connectivity index (χ0v) is 13.4. The van der Waals surface area contributed by atoms with Crippen molar-refractivity contribution in [2.45, 2.75) is 19.4 Å². The maximum atomic E-state index is 12.9. The fourth-order valence-electron chi connectivity index (χ4n) is 2.15. The van der Waals surface area contributed by atoms with Crippen molar-refractivity contribution in [3.05, 3.63) is 35.6 Å². The van der Waals surface area contributed by atoms with E-state index in [4.69, 9.17) is 9.84 Å². The maximum absolute atomic E-state index is 12.9. The van der Waals surface area contributed by atoms with E-state index in [1.165, 1.54) is 17.1 Å². The summed E-state index contributed by atoms with van der Waals surface area (Å²) in [6.07, 6.45) is 0.379. The van der Waals surface area contributed by atoms with Crippen molar-refractivity contribution in [2.24, 2.45) is 5.10 Å². The van der Waals surface area contributed by atoms with Gasteiger partial charge in [-0.25, -0.2) is 14.2 Å². The summed E-state index contributed by atoms with van der Waals surface area (Å²) in [4.78, 5) is 34.3. The van der Waals surface area contributed by atoms with E-state index >= 15 is 0 Å². The van der Waals surface area contributed by atoms with E-state index in [-0.39, 0.29) is 50.0 Å². The van der Waals surface area contributed by atoms with Crippen LogP contribution in [-0.2, 0) is 25.7 Å². The Morgan fingerprint density at radius 1 is 1.28 bits per heavy atom. The van der Waals surface area contributed by atoms with E-state index < -0.39 is 18.5 Å². The van der Waals surface area contributed by atoms with Crippen LogP contribution < -0.4 is 5.32 Å². The number of nitrogens with one attached hydrogen (secondary N) is 1. The van der Waals surface area contributed by atoms with Crippen LogP contribution in [0.5, 0.6) is 0 Å². The number of hydrogen-bond acceptors (Lipinski definition) is 5. The average Bonchev–Trinajstić information content (AvgIpc) is 2.58. The number of benzene rings is 1. The highest BCUT2D eigenvalue weighted by Crippen LogP contribution is 2.14. The molecule has 9 heteroatoms. The van der Waals surface area contributed by atoms with Gasteiger partial charge in [0.05, 0.1) is 13.2 Å². The van der Waals surface area contributed by atoms with Gasteiger partial charge in [0.1, 0.15) is 18.1 Å². The molecule has 0 saturated carbocycles. The summed E-state index contributed by atoms with van der Waals surface area (Å²) in [5.41, 5.74) is 0.905. The van der Waals surface area contributed by atoms with Gasteiger partial charge in [-0.3, -0.25) is 9.59 Å². The third kappa shape index (κ3) is 5.96. The Kier molecular flexibility index (Phi) is 6.58. The van der Waals surface area contributed by atoms with Crippen molar-refractivity contribution in [3.63, 3.8) is 0 Å². The smallest absolute Gasteiger partial charge is 0.329 e. The van der Waals surface area contributed by atoms with E-state index in [1.54, 1.807) is 12.1 Å². The quantitative estimate of drug-likeness (QED) is 0.664. The third-order valence-electron chi connectivity index (χ3n) is 3.37. The molecule has 1 aromatic carbocycles. The van der Waals surface area contributed by atoms with Crippen LogP contribution in [0.4, 0.5) is 4.39 Å². The molecule has 2 rings (SSSR count). The third-order valence-corrected chi connectivity index (χ3v) is 3.37. The number of halogens is 1. The molecule has 0 fully saturated rings. The molecule has 1 aliphatic rings. The van der Waals surface area contributed by atoms with E-state index in [0.29, 0.717) is 5.56 Å². The SMILES string of the molecule is O=C(O)COCCNC(=O)C1=NN(Cc2ccc(F)cc2)C(=O)CC1. The summed E-state index contributed by atoms with van der Waals surface area (Å²) in [6.45, 7) is -0.0883. The average molecular weight is 351 g/mol. The molecule has 25 heavy (non-hydrogen) atoms. The lowest BCUT2D eigenvalue weighted by molar-refractivity contribution is -0.142. The highest BCUT2D eigenvalue weighted by atomic mass is 19.1. The van der Waals surface area contributed by atoms with Crippen LogP contribution >= 0.6 is 0 Å². The number of carboxylic acids is 1. The molecular formula is C16H18FN3O5. The first-order chi connectivity index (χ1) is 12.0. The lowest BCUT2D eigenvalue weighted by Gasteiger charge is -2.23. The number of nitrogens with zero attached hydrogens (tertiary/aromatic N) is 2. The predicted octanol–water partition coefficient (Wildman–Crippen LogP) is 0.522. The fraction of sp³-hybridized carbons (Fsp3) is 0.375. The van der Waals surface area contributed by atoms with Gasteiger partial charge in [-0.2, -0.15) is 5.10 Å². The second kappa shape index (κ2) is 8.88. The number of hydrogen-bond donors (Lipinski definition) is 2. The normalized spacial score (nSPS) is 14.2. The first-order valence-corrected chi connectivity index (χ1v) is 7.65. The van der Waals surface area contributed by atoms with Gasteiger partial charge in [0, 0.05) is 19.4 Å². The molecule has 0 aliphatic carbocycles. The standard InChI is InChI=1S/C16H18FN3O5/c17-12-3-1-11(2-4-12)9-20-14(21)6-5-13(19-20)16(24)18-7-8-25-10-15(22)23/h1-4H,5-10H2,(H,18,24)(H,22,23). The molecule has 2 N–H and O–H groups in total. The monoisotopic (exact) mass is 351 g/mol. The minimum Gasteiger partial charge on any atom is -0.480 e. The zero-order chi connectivity index (χ0) is 18.2. The summed E-state index contributed by atoms with van der Waals surface area (Å²) in [6, 6.07) is 5.68. The lowest BCUT2D eigenvalue weighted by Crippen LogP contribution is -2.39. The highest BCUT2D eigenvalue weighted by molar-refractivity contribution is 6.39. The van der Waals surface area contributed by atoms with Gasteiger partial charge in [0.25, 0.3) is 5.91 Å². The minimum atomic E-state index is -1.09. The highest BCUT2D eigenvalue weighted by Gasteiger charge is 2.24. The van der Waals surface area contributed by atoms with Crippen molar-refractivity contribution >= 4 is 23.5 Å². The van der Waals surface area contributed by atoms with E-state index in [2.05, 4.69) is 10.4 Å². The zero-order valence-electron chi connectivity index (χ0n) is 13.4. The Morgan fingerprint density at radius 3 is 2.68 bits per heavy atom. The molecule has 1 aromatic rings. The van der Waals surface area contributed by atoms with Gasteiger partial charge in [-0.05, 0) is 17.7 Å². The summed E-state index contributed by atoms with van der Waals surface area (Å²) in [7, 11) is 0.